The van der Waals surface area contributed by atoms with Crippen molar-refractivity contribution in [3.63, 3.8) is 0 Å². The maximum Gasteiger partial charge on any atom is 0.267 e. The van der Waals surface area contributed by atoms with Crippen LogP contribution in [0.5, 0.6) is 0 Å². The highest BCUT2D eigenvalue weighted by Crippen LogP contribution is 2.41. The zero-order valence-corrected chi connectivity index (χ0v) is 8.11. The number of phosphoric acid groups is 1. The summed E-state index contributed by atoms with van der Waals surface area (Å²) in [5, 5.41) is 8.77. The molecule has 1 heterocycles. The summed E-state index contributed by atoms with van der Waals surface area (Å²) in [5.41, 5.74) is 0. The molecule has 1 N–H and O–H groups in total. The van der Waals surface area contributed by atoms with E-state index in [0.29, 0.717) is 13.0 Å². The van der Waals surface area contributed by atoms with Crippen LogP contribution in [0, 0.1) is 0 Å². The van der Waals surface area contributed by atoms with E-state index in [1.165, 1.54) is 0 Å². The third kappa shape index (κ3) is 3.02. The van der Waals surface area contributed by atoms with Gasteiger partial charge in [0.1, 0.15) is 6.10 Å². The largest absolute Gasteiger partial charge is 0.756 e. The highest BCUT2D eigenvalue weighted by molar-refractivity contribution is 7.45. The standard InChI is InChI=1S/C6H13O6P/c1-10-13(8,9)12-5-2-3-11-6(5)4-7/h5-7H,2-4H2,1H3,(H,8,9)/p-1/t5-,6-/m1/s1. The van der Waals surface area contributed by atoms with E-state index in [9.17, 15) is 9.46 Å². The van der Waals surface area contributed by atoms with Crippen LogP contribution in [-0.4, -0.2) is 37.6 Å². The first-order valence-electron chi connectivity index (χ1n) is 3.86. The minimum Gasteiger partial charge on any atom is -0.756 e. The van der Waals surface area contributed by atoms with Crippen molar-refractivity contribution < 1.29 is 28.3 Å². The Morgan fingerprint density at radius 2 is 2.46 bits per heavy atom. The van der Waals surface area contributed by atoms with Gasteiger partial charge in [-0.25, -0.2) is 0 Å². The zero-order chi connectivity index (χ0) is 9.90. The first kappa shape index (κ1) is 11.1. The minimum absolute atomic E-state index is 0.256. The van der Waals surface area contributed by atoms with E-state index in [2.05, 4.69) is 9.05 Å². The van der Waals surface area contributed by atoms with Crippen LogP contribution >= 0.6 is 7.82 Å². The molecule has 7 heteroatoms. The van der Waals surface area contributed by atoms with E-state index in [-0.39, 0.29) is 6.61 Å². The summed E-state index contributed by atoms with van der Waals surface area (Å²) < 4.78 is 24.7. The van der Waals surface area contributed by atoms with E-state index >= 15 is 0 Å². The Morgan fingerprint density at radius 1 is 1.77 bits per heavy atom. The third-order valence-corrected chi connectivity index (χ3v) is 2.79. The predicted octanol–water partition coefficient (Wildman–Crippen LogP) is -0.732. The number of aliphatic hydroxyl groups is 1. The lowest BCUT2D eigenvalue weighted by molar-refractivity contribution is -0.228. The van der Waals surface area contributed by atoms with Gasteiger partial charge in [-0.15, -0.1) is 0 Å². The Kier molecular flexibility index (Phi) is 3.85. The van der Waals surface area contributed by atoms with E-state index in [0.717, 1.165) is 7.11 Å². The fourth-order valence-electron chi connectivity index (χ4n) is 1.13. The van der Waals surface area contributed by atoms with Crippen molar-refractivity contribution in [2.24, 2.45) is 0 Å². The van der Waals surface area contributed by atoms with Gasteiger partial charge < -0.3 is 23.8 Å². The molecule has 0 saturated carbocycles. The van der Waals surface area contributed by atoms with Gasteiger partial charge in [-0.2, -0.15) is 0 Å². The summed E-state index contributed by atoms with van der Waals surface area (Å²) in [6.45, 7) is 0.133. The monoisotopic (exact) mass is 211 g/mol. The van der Waals surface area contributed by atoms with Gasteiger partial charge in [0.15, 0.2) is 0 Å². The normalized spacial score (nSPS) is 33.2. The summed E-state index contributed by atoms with van der Waals surface area (Å²) in [7, 11) is -3.19. The molecule has 0 aromatic heterocycles. The Morgan fingerprint density at radius 3 is 3.00 bits per heavy atom. The fourth-order valence-corrected chi connectivity index (χ4v) is 1.79. The first-order valence-corrected chi connectivity index (χ1v) is 5.33. The summed E-state index contributed by atoms with van der Waals surface area (Å²) in [5.74, 6) is 0. The van der Waals surface area contributed by atoms with Crippen molar-refractivity contribution in [2.45, 2.75) is 18.6 Å². The van der Waals surface area contributed by atoms with Crippen molar-refractivity contribution in [3.8, 4) is 0 Å². The second kappa shape index (κ2) is 4.50. The molecule has 13 heavy (non-hydrogen) atoms. The highest BCUT2D eigenvalue weighted by atomic mass is 31.2. The van der Waals surface area contributed by atoms with E-state index in [1.807, 2.05) is 0 Å². The molecule has 0 amide bonds. The minimum atomic E-state index is -4.21. The van der Waals surface area contributed by atoms with E-state index in [4.69, 9.17) is 9.84 Å². The molecule has 1 fully saturated rings. The van der Waals surface area contributed by atoms with Gasteiger partial charge >= 0.3 is 0 Å². The van der Waals surface area contributed by atoms with Gasteiger partial charge in [0.2, 0.25) is 0 Å². The Hall–Kier alpha value is 0.0300. The molecular formula is C6H12O6P-. The summed E-state index contributed by atoms with van der Waals surface area (Å²) in [6.07, 6.45) is -0.758. The molecule has 0 radical (unpaired) electrons. The second-order valence-electron chi connectivity index (χ2n) is 2.65. The topological polar surface area (TPSA) is 88.1 Å². The zero-order valence-electron chi connectivity index (χ0n) is 7.21. The molecule has 0 aliphatic carbocycles. The smallest absolute Gasteiger partial charge is 0.267 e. The number of hydrogen-bond donors (Lipinski definition) is 1. The average Bonchev–Trinajstić information content (AvgIpc) is 2.51. The van der Waals surface area contributed by atoms with Crippen LogP contribution in [0.15, 0.2) is 0 Å². The van der Waals surface area contributed by atoms with Gasteiger partial charge in [-0.1, -0.05) is 0 Å². The predicted molar refractivity (Wildman–Crippen MR) is 40.9 cm³/mol. The SMILES string of the molecule is COP(=O)([O-])O[C@@H]1CCO[C@@H]1CO. The van der Waals surface area contributed by atoms with E-state index in [1.54, 1.807) is 0 Å². The van der Waals surface area contributed by atoms with Gasteiger partial charge in [0.05, 0.1) is 12.7 Å². The summed E-state index contributed by atoms with van der Waals surface area (Å²) in [4.78, 5) is 10.9. The Labute approximate surface area is 76.0 Å². The van der Waals surface area contributed by atoms with Crippen LogP contribution < -0.4 is 4.89 Å². The van der Waals surface area contributed by atoms with Crippen molar-refractivity contribution in [3.05, 3.63) is 0 Å². The van der Waals surface area contributed by atoms with Crippen molar-refractivity contribution in [1.82, 2.24) is 0 Å². The summed E-state index contributed by atoms with van der Waals surface area (Å²) in [6, 6.07) is 0. The molecule has 6 nitrogen and oxygen atoms in total. The molecule has 0 bridgehead atoms. The number of phosphoric ester groups is 1. The van der Waals surface area contributed by atoms with Crippen LogP contribution in [-0.2, 0) is 18.3 Å². The maximum atomic E-state index is 10.9. The van der Waals surface area contributed by atoms with Crippen LogP contribution in [0.1, 0.15) is 6.42 Å². The lowest BCUT2D eigenvalue weighted by atomic mass is 10.2. The molecule has 1 rings (SSSR count). The molecule has 0 aromatic carbocycles. The van der Waals surface area contributed by atoms with Crippen LogP contribution in [0.25, 0.3) is 0 Å². The number of aliphatic hydroxyl groups excluding tert-OH is 1. The molecule has 1 unspecified atom stereocenters. The number of rotatable bonds is 4. The third-order valence-electron chi connectivity index (χ3n) is 1.82. The van der Waals surface area contributed by atoms with Gasteiger partial charge in [-0.05, 0) is 0 Å². The quantitative estimate of drug-likeness (QED) is 0.616. The van der Waals surface area contributed by atoms with Crippen molar-refractivity contribution in [2.75, 3.05) is 20.3 Å². The Balaban J connectivity index is 2.48. The maximum absolute atomic E-state index is 10.9. The molecule has 3 atom stereocenters. The molecule has 78 valence electrons. The lowest BCUT2D eigenvalue weighted by Crippen LogP contribution is -2.28. The Bertz CT molecular complexity index is 207. The van der Waals surface area contributed by atoms with Gasteiger partial charge in [0.25, 0.3) is 7.82 Å². The first-order chi connectivity index (χ1) is 6.09. The van der Waals surface area contributed by atoms with Crippen molar-refractivity contribution >= 4 is 7.82 Å². The van der Waals surface area contributed by atoms with Crippen LogP contribution in [0.3, 0.4) is 0 Å². The molecular weight excluding hydrogens is 199 g/mol. The molecule has 1 saturated heterocycles. The molecule has 0 aromatic rings. The van der Waals surface area contributed by atoms with Crippen molar-refractivity contribution in [1.29, 1.82) is 0 Å². The lowest BCUT2D eigenvalue weighted by Gasteiger charge is -2.26. The average molecular weight is 211 g/mol. The highest BCUT2D eigenvalue weighted by Gasteiger charge is 2.31. The van der Waals surface area contributed by atoms with Crippen LogP contribution in [0.2, 0.25) is 0 Å². The van der Waals surface area contributed by atoms with E-state index < -0.39 is 20.0 Å². The number of hydrogen-bond acceptors (Lipinski definition) is 6. The molecule has 1 aliphatic rings. The summed E-state index contributed by atoms with van der Waals surface area (Å²) >= 11 is 0. The second-order valence-corrected chi connectivity index (χ2v) is 4.12. The number of ether oxygens (including phenoxy) is 1. The van der Waals surface area contributed by atoms with Gasteiger partial charge in [0, 0.05) is 20.1 Å². The fraction of sp³-hybridized carbons (Fsp3) is 1.00. The molecule has 0 spiro atoms. The van der Waals surface area contributed by atoms with Crippen LogP contribution in [0.4, 0.5) is 0 Å². The molecule has 1 aliphatic heterocycles. The van der Waals surface area contributed by atoms with Gasteiger partial charge in [-0.3, -0.25) is 4.57 Å².